The predicted molar refractivity (Wildman–Crippen MR) is 111 cm³/mol. The molecule has 0 bridgehead atoms. The molecule has 152 valence electrons. The summed E-state index contributed by atoms with van der Waals surface area (Å²) in [5.41, 5.74) is 0.959. The van der Waals surface area contributed by atoms with E-state index >= 15 is 0 Å². The summed E-state index contributed by atoms with van der Waals surface area (Å²) in [6, 6.07) is 10.0. The second kappa shape index (κ2) is 9.43. The van der Waals surface area contributed by atoms with Crippen LogP contribution in [0.3, 0.4) is 0 Å². The molecule has 1 aliphatic carbocycles. The molecule has 1 aromatic carbocycles. The lowest BCUT2D eigenvalue weighted by atomic mass is 9.96. The molecule has 8 heteroatoms. The van der Waals surface area contributed by atoms with Gasteiger partial charge in [-0.2, -0.15) is 17.0 Å². The summed E-state index contributed by atoms with van der Waals surface area (Å²) in [6.07, 6.45) is 6.56. The third kappa shape index (κ3) is 5.17. The van der Waals surface area contributed by atoms with Gasteiger partial charge in [0.05, 0.1) is 12.2 Å². The quantitative estimate of drug-likeness (QED) is 0.599. The summed E-state index contributed by atoms with van der Waals surface area (Å²) < 4.78 is 44.6. The maximum atomic E-state index is 14.4. The SMILES string of the molecule is CN(C1CCCCC1)S(=O)(=O)N(Cc1ccccn1)Cc1ccc(Br)cc1F. The van der Waals surface area contributed by atoms with Crippen molar-refractivity contribution in [2.75, 3.05) is 7.05 Å². The number of benzene rings is 1. The van der Waals surface area contributed by atoms with Crippen LogP contribution < -0.4 is 0 Å². The number of aromatic nitrogens is 1. The van der Waals surface area contributed by atoms with Crippen molar-refractivity contribution in [3.05, 3.63) is 64.1 Å². The van der Waals surface area contributed by atoms with Gasteiger partial charge >= 0.3 is 0 Å². The molecule has 28 heavy (non-hydrogen) atoms. The molecule has 1 aromatic heterocycles. The molecule has 3 rings (SSSR count). The summed E-state index contributed by atoms with van der Waals surface area (Å²) >= 11 is 3.24. The molecule has 0 N–H and O–H groups in total. The summed E-state index contributed by atoms with van der Waals surface area (Å²) in [7, 11) is -2.14. The second-order valence-corrected chi connectivity index (χ2v) is 10.0. The number of halogens is 2. The highest BCUT2D eigenvalue weighted by Crippen LogP contribution is 2.27. The molecule has 2 aromatic rings. The molecular formula is C20H25BrFN3O2S. The topological polar surface area (TPSA) is 53.5 Å². The Morgan fingerprint density at radius 1 is 1.14 bits per heavy atom. The molecule has 0 spiro atoms. The van der Waals surface area contributed by atoms with E-state index in [1.165, 1.54) is 14.7 Å². The van der Waals surface area contributed by atoms with Crippen LogP contribution in [0.1, 0.15) is 43.4 Å². The Hall–Kier alpha value is -1.35. The van der Waals surface area contributed by atoms with Crippen molar-refractivity contribution >= 4 is 26.1 Å². The highest BCUT2D eigenvalue weighted by molar-refractivity contribution is 9.10. The monoisotopic (exact) mass is 469 g/mol. The molecule has 0 aliphatic heterocycles. The molecular weight excluding hydrogens is 445 g/mol. The van der Waals surface area contributed by atoms with Crippen molar-refractivity contribution < 1.29 is 12.8 Å². The highest BCUT2D eigenvalue weighted by Gasteiger charge is 2.33. The molecule has 1 aliphatic rings. The number of pyridine rings is 1. The van der Waals surface area contributed by atoms with Crippen LogP contribution in [0.2, 0.25) is 0 Å². The van der Waals surface area contributed by atoms with Crippen LogP contribution in [0.15, 0.2) is 47.1 Å². The van der Waals surface area contributed by atoms with Crippen LogP contribution in [0.25, 0.3) is 0 Å². The minimum atomic E-state index is -3.78. The number of hydrogen-bond acceptors (Lipinski definition) is 3. The Bertz CT molecular complexity index is 890. The molecule has 0 unspecified atom stereocenters. The number of nitrogens with zero attached hydrogens (tertiary/aromatic N) is 3. The average molecular weight is 470 g/mol. The maximum Gasteiger partial charge on any atom is 0.282 e. The van der Waals surface area contributed by atoms with Gasteiger partial charge in [-0.3, -0.25) is 4.98 Å². The summed E-state index contributed by atoms with van der Waals surface area (Å²) in [5.74, 6) is -0.434. The fourth-order valence-corrected chi connectivity index (χ4v) is 5.43. The van der Waals surface area contributed by atoms with E-state index in [-0.39, 0.29) is 19.1 Å². The van der Waals surface area contributed by atoms with Gasteiger partial charge in [0.15, 0.2) is 0 Å². The van der Waals surface area contributed by atoms with Gasteiger partial charge in [-0.25, -0.2) is 4.39 Å². The lowest BCUT2D eigenvalue weighted by Gasteiger charge is -2.34. The molecule has 0 atom stereocenters. The molecule has 0 amide bonds. The first kappa shape index (κ1) is 21.4. The van der Waals surface area contributed by atoms with Gasteiger partial charge in [0.1, 0.15) is 5.82 Å². The molecule has 5 nitrogen and oxygen atoms in total. The van der Waals surface area contributed by atoms with Crippen LogP contribution in [0.5, 0.6) is 0 Å². The third-order valence-corrected chi connectivity index (χ3v) is 7.64. The fraction of sp³-hybridized carbons (Fsp3) is 0.450. The standard InChI is InChI=1S/C20H25BrFN3O2S/c1-24(19-8-3-2-4-9-19)28(26,27)25(15-18-7-5-6-12-23-18)14-16-10-11-17(21)13-20(16)22/h5-7,10-13,19H,2-4,8-9,14-15H2,1H3. The molecule has 0 saturated heterocycles. The van der Waals surface area contributed by atoms with Crippen molar-refractivity contribution in [2.45, 2.75) is 51.2 Å². The Kier molecular flexibility index (Phi) is 7.20. The lowest BCUT2D eigenvalue weighted by molar-refractivity contribution is 0.257. The average Bonchev–Trinajstić information content (AvgIpc) is 2.70. The van der Waals surface area contributed by atoms with Crippen LogP contribution in [0, 0.1) is 5.82 Å². The number of hydrogen-bond donors (Lipinski definition) is 0. The summed E-state index contributed by atoms with van der Waals surface area (Å²) in [4.78, 5) is 4.26. The highest BCUT2D eigenvalue weighted by atomic mass is 79.9. The van der Waals surface area contributed by atoms with Crippen LogP contribution >= 0.6 is 15.9 Å². The third-order valence-electron chi connectivity index (χ3n) is 5.21. The van der Waals surface area contributed by atoms with Crippen molar-refractivity contribution in [1.82, 2.24) is 13.6 Å². The van der Waals surface area contributed by atoms with E-state index in [0.717, 1.165) is 32.1 Å². The maximum absolute atomic E-state index is 14.4. The normalized spacial score (nSPS) is 16.0. The van der Waals surface area contributed by atoms with Gasteiger partial charge in [0, 0.05) is 35.9 Å². The molecule has 1 heterocycles. The van der Waals surface area contributed by atoms with Gasteiger partial charge < -0.3 is 0 Å². The van der Waals surface area contributed by atoms with E-state index in [1.807, 2.05) is 6.07 Å². The van der Waals surface area contributed by atoms with E-state index in [1.54, 1.807) is 37.5 Å². The molecule has 1 fully saturated rings. The zero-order valence-electron chi connectivity index (χ0n) is 15.9. The van der Waals surface area contributed by atoms with Crippen molar-refractivity contribution in [3.63, 3.8) is 0 Å². The van der Waals surface area contributed by atoms with E-state index < -0.39 is 16.0 Å². The first-order valence-corrected chi connectivity index (χ1v) is 11.6. The van der Waals surface area contributed by atoms with E-state index in [0.29, 0.717) is 15.7 Å². The van der Waals surface area contributed by atoms with E-state index in [9.17, 15) is 12.8 Å². The van der Waals surface area contributed by atoms with Crippen LogP contribution in [-0.4, -0.2) is 35.1 Å². The fourth-order valence-electron chi connectivity index (χ4n) is 3.55. The zero-order valence-corrected chi connectivity index (χ0v) is 18.3. The first-order chi connectivity index (χ1) is 13.4. The minimum absolute atomic E-state index is 0.0141. The van der Waals surface area contributed by atoms with Crippen LogP contribution in [0.4, 0.5) is 4.39 Å². The number of rotatable bonds is 7. The Morgan fingerprint density at radius 2 is 1.89 bits per heavy atom. The van der Waals surface area contributed by atoms with Gasteiger partial charge in [-0.1, -0.05) is 47.3 Å². The Balaban J connectivity index is 1.89. The smallest absolute Gasteiger partial charge is 0.260 e. The lowest BCUT2D eigenvalue weighted by Crippen LogP contribution is -2.46. The molecule has 0 radical (unpaired) electrons. The Morgan fingerprint density at radius 3 is 2.54 bits per heavy atom. The van der Waals surface area contributed by atoms with Gasteiger partial charge in [-0.05, 0) is 37.1 Å². The zero-order chi connectivity index (χ0) is 20.1. The first-order valence-electron chi connectivity index (χ1n) is 9.45. The summed E-state index contributed by atoms with van der Waals surface area (Å²) in [5, 5.41) is 0. The molecule has 1 saturated carbocycles. The van der Waals surface area contributed by atoms with Crippen LogP contribution in [-0.2, 0) is 23.3 Å². The van der Waals surface area contributed by atoms with Crippen molar-refractivity contribution in [2.24, 2.45) is 0 Å². The van der Waals surface area contributed by atoms with Gasteiger partial charge in [0.2, 0.25) is 0 Å². The van der Waals surface area contributed by atoms with E-state index in [2.05, 4.69) is 20.9 Å². The van der Waals surface area contributed by atoms with Crippen molar-refractivity contribution in [3.8, 4) is 0 Å². The van der Waals surface area contributed by atoms with Gasteiger partial charge in [-0.15, -0.1) is 0 Å². The second-order valence-electron chi connectivity index (χ2n) is 7.14. The van der Waals surface area contributed by atoms with Gasteiger partial charge in [0.25, 0.3) is 10.2 Å². The minimum Gasteiger partial charge on any atom is -0.260 e. The van der Waals surface area contributed by atoms with E-state index in [4.69, 9.17) is 0 Å². The van der Waals surface area contributed by atoms with Crippen molar-refractivity contribution in [1.29, 1.82) is 0 Å². The Labute approximate surface area is 174 Å². The summed E-state index contributed by atoms with van der Waals surface area (Å²) in [6.45, 7) is 0.0464. The largest absolute Gasteiger partial charge is 0.282 e. The predicted octanol–water partition coefficient (Wildman–Crippen LogP) is 4.49.